The number of hydrogen-bond donors (Lipinski definition) is 1. The molecule has 0 radical (unpaired) electrons. The van der Waals surface area contributed by atoms with Gasteiger partial charge in [0.05, 0.1) is 7.11 Å². The van der Waals surface area contributed by atoms with Crippen molar-refractivity contribution in [2.24, 2.45) is 5.73 Å². The summed E-state index contributed by atoms with van der Waals surface area (Å²) < 4.78 is 12.5. The lowest BCUT2D eigenvalue weighted by molar-refractivity contribution is 0.160. The zero-order valence-electron chi connectivity index (χ0n) is 12.1. The van der Waals surface area contributed by atoms with Crippen LogP contribution in [0.5, 0.6) is 11.5 Å². The maximum Gasteiger partial charge on any atom is 0.127 e. The number of fused-ring (bicyclic) bond motifs is 1. The van der Waals surface area contributed by atoms with Gasteiger partial charge in [-0.25, -0.2) is 0 Å². The number of hydrogen-bond acceptors (Lipinski definition) is 3. The van der Waals surface area contributed by atoms with Gasteiger partial charge >= 0.3 is 0 Å². The quantitative estimate of drug-likeness (QED) is 0.881. The number of methoxy groups -OCH3 is 1. The first-order valence-corrected chi connectivity index (χ1v) is 7.74. The van der Waals surface area contributed by atoms with Crippen LogP contribution in [-0.2, 0) is 0 Å². The van der Waals surface area contributed by atoms with Crippen LogP contribution in [0, 0.1) is 6.92 Å². The highest BCUT2D eigenvalue weighted by atomic mass is 79.9. The molecule has 0 fully saturated rings. The molecule has 1 heterocycles. The first-order valence-electron chi connectivity index (χ1n) is 6.94. The Morgan fingerprint density at radius 3 is 2.71 bits per heavy atom. The molecule has 2 N–H and O–H groups in total. The first kappa shape index (κ1) is 14.4. The van der Waals surface area contributed by atoms with E-state index in [0.717, 1.165) is 33.5 Å². The maximum atomic E-state index is 6.33. The van der Waals surface area contributed by atoms with E-state index in [1.807, 2.05) is 18.2 Å². The number of rotatable bonds is 2. The molecule has 0 aliphatic carbocycles. The van der Waals surface area contributed by atoms with Crippen molar-refractivity contribution in [3.63, 3.8) is 0 Å². The largest absolute Gasteiger partial charge is 0.497 e. The fraction of sp³-hybridized carbons (Fsp3) is 0.294. The molecule has 2 aromatic carbocycles. The summed E-state index contributed by atoms with van der Waals surface area (Å²) in [6, 6.07) is 12.0. The molecule has 0 bridgehead atoms. The SMILES string of the molecule is COc1ccc2c(c1)[C@H](N)CC(c1ccc(C)cc1Br)O2. The average molecular weight is 348 g/mol. The zero-order valence-corrected chi connectivity index (χ0v) is 13.7. The summed E-state index contributed by atoms with van der Waals surface area (Å²) in [5.74, 6) is 1.65. The monoisotopic (exact) mass is 347 g/mol. The zero-order chi connectivity index (χ0) is 15.0. The van der Waals surface area contributed by atoms with Gasteiger partial charge < -0.3 is 15.2 Å². The predicted molar refractivity (Wildman–Crippen MR) is 86.8 cm³/mol. The Bertz CT molecular complexity index is 672. The Morgan fingerprint density at radius 1 is 1.19 bits per heavy atom. The van der Waals surface area contributed by atoms with Crippen molar-refractivity contribution in [2.45, 2.75) is 25.5 Å². The average Bonchev–Trinajstić information content (AvgIpc) is 2.47. The molecule has 1 aliphatic heterocycles. The van der Waals surface area contributed by atoms with Crippen LogP contribution in [0.25, 0.3) is 0 Å². The Morgan fingerprint density at radius 2 is 2.00 bits per heavy atom. The van der Waals surface area contributed by atoms with Crippen molar-refractivity contribution in [1.82, 2.24) is 0 Å². The second-order valence-corrected chi connectivity index (χ2v) is 6.23. The number of nitrogens with two attached hydrogens (primary N) is 1. The number of benzene rings is 2. The number of ether oxygens (including phenoxy) is 2. The van der Waals surface area contributed by atoms with Crippen LogP contribution in [0.2, 0.25) is 0 Å². The summed E-state index contributed by atoms with van der Waals surface area (Å²) >= 11 is 3.62. The van der Waals surface area contributed by atoms with Crippen molar-refractivity contribution in [1.29, 1.82) is 0 Å². The van der Waals surface area contributed by atoms with Crippen LogP contribution in [-0.4, -0.2) is 7.11 Å². The smallest absolute Gasteiger partial charge is 0.127 e. The van der Waals surface area contributed by atoms with Crippen LogP contribution >= 0.6 is 15.9 Å². The minimum Gasteiger partial charge on any atom is -0.497 e. The van der Waals surface area contributed by atoms with E-state index in [0.29, 0.717) is 0 Å². The Kier molecular flexibility index (Phi) is 3.91. The molecule has 3 nitrogen and oxygen atoms in total. The van der Waals surface area contributed by atoms with E-state index in [4.69, 9.17) is 15.2 Å². The second kappa shape index (κ2) is 5.70. The van der Waals surface area contributed by atoms with E-state index < -0.39 is 0 Å². The standard InChI is InChI=1S/C17H18BrNO2/c1-10-3-5-12(14(18)7-10)17-9-15(19)13-8-11(20-2)4-6-16(13)21-17/h3-8,15,17H,9,19H2,1-2H3/t15-,17?/m1/s1. The molecule has 0 saturated carbocycles. The van der Waals surface area contributed by atoms with Crippen molar-refractivity contribution in [3.8, 4) is 11.5 Å². The van der Waals surface area contributed by atoms with Crippen molar-refractivity contribution < 1.29 is 9.47 Å². The van der Waals surface area contributed by atoms with E-state index in [2.05, 4.69) is 41.1 Å². The van der Waals surface area contributed by atoms with E-state index in [1.54, 1.807) is 7.11 Å². The molecule has 2 atom stereocenters. The van der Waals surface area contributed by atoms with Crippen LogP contribution in [0.3, 0.4) is 0 Å². The molecule has 0 aromatic heterocycles. The van der Waals surface area contributed by atoms with Gasteiger partial charge in [0.15, 0.2) is 0 Å². The molecule has 1 unspecified atom stereocenters. The third-order valence-electron chi connectivity index (χ3n) is 3.86. The van der Waals surface area contributed by atoms with E-state index >= 15 is 0 Å². The Balaban J connectivity index is 1.94. The molecule has 2 aromatic rings. The third kappa shape index (κ3) is 2.78. The topological polar surface area (TPSA) is 44.5 Å². The summed E-state index contributed by atoms with van der Waals surface area (Å²) in [4.78, 5) is 0. The van der Waals surface area contributed by atoms with Gasteiger partial charge in [-0.1, -0.05) is 28.1 Å². The Hall–Kier alpha value is -1.52. The van der Waals surface area contributed by atoms with Gasteiger partial charge in [-0.15, -0.1) is 0 Å². The van der Waals surface area contributed by atoms with Gasteiger partial charge in [0.1, 0.15) is 17.6 Å². The van der Waals surface area contributed by atoms with Crippen molar-refractivity contribution in [3.05, 3.63) is 57.6 Å². The molecule has 0 saturated heterocycles. The lowest BCUT2D eigenvalue weighted by Crippen LogP contribution is -2.24. The highest BCUT2D eigenvalue weighted by Crippen LogP contribution is 2.42. The van der Waals surface area contributed by atoms with E-state index in [9.17, 15) is 0 Å². The van der Waals surface area contributed by atoms with Crippen LogP contribution in [0.1, 0.15) is 35.3 Å². The molecular formula is C17H18BrNO2. The van der Waals surface area contributed by atoms with Gasteiger partial charge in [0.25, 0.3) is 0 Å². The fourth-order valence-electron chi connectivity index (χ4n) is 2.69. The molecule has 1 aliphatic rings. The molecule has 21 heavy (non-hydrogen) atoms. The van der Waals surface area contributed by atoms with Crippen LogP contribution in [0.4, 0.5) is 0 Å². The molecule has 0 amide bonds. The van der Waals surface area contributed by atoms with Gasteiger partial charge in [-0.05, 0) is 36.8 Å². The van der Waals surface area contributed by atoms with Crippen LogP contribution in [0.15, 0.2) is 40.9 Å². The summed E-state index contributed by atoms with van der Waals surface area (Å²) in [6.07, 6.45) is 0.720. The Labute approximate surface area is 133 Å². The van der Waals surface area contributed by atoms with Gasteiger partial charge in [0.2, 0.25) is 0 Å². The van der Waals surface area contributed by atoms with Crippen molar-refractivity contribution in [2.75, 3.05) is 7.11 Å². The summed E-state index contributed by atoms with van der Waals surface area (Å²) in [5, 5.41) is 0. The van der Waals surface area contributed by atoms with Crippen molar-refractivity contribution >= 4 is 15.9 Å². The lowest BCUT2D eigenvalue weighted by Gasteiger charge is -2.31. The predicted octanol–water partition coefficient (Wildman–Crippen LogP) is 4.29. The highest BCUT2D eigenvalue weighted by Gasteiger charge is 2.28. The third-order valence-corrected chi connectivity index (χ3v) is 4.54. The molecule has 4 heteroatoms. The summed E-state index contributed by atoms with van der Waals surface area (Å²) in [7, 11) is 1.66. The molecule has 110 valence electrons. The minimum atomic E-state index is -0.0537. The number of halogens is 1. The van der Waals surface area contributed by atoms with E-state index in [-0.39, 0.29) is 12.1 Å². The minimum absolute atomic E-state index is 0.0316. The van der Waals surface area contributed by atoms with Gasteiger partial charge in [-0.2, -0.15) is 0 Å². The first-order chi connectivity index (χ1) is 10.1. The summed E-state index contributed by atoms with van der Waals surface area (Å²) in [5.41, 5.74) is 9.69. The molecule has 0 spiro atoms. The molecule has 3 rings (SSSR count). The van der Waals surface area contributed by atoms with E-state index in [1.165, 1.54) is 5.56 Å². The van der Waals surface area contributed by atoms with Gasteiger partial charge in [0, 0.05) is 28.1 Å². The summed E-state index contributed by atoms with van der Waals surface area (Å²) in [6.45, 7) is 2.07. The maximum absolute atomic E-state index is 6.33. The highest BCUT2D eigenvalue weighted by molar-refractivity contribution is 9.10. The number of aryl methyl sites for hydroxylation is 1. The fourth-order valence-corrected chi connectivity index (χ4v) is 3.44. The molecular weight excluding hydrogens is 330 g/mol. The van der Waals surface area contributed by atoms with Crippen LogP contribution < -0.4 is 15.2 Å². The van der Waals surface area contributed by atoms with Gasteiger partial charge in [-0.3, -0.25) is 0 Å². The normalized spacial score (nSPS) is 20.6. The lowest BCUT2D eigenvalue weighted by atomic mass is 9.93. The second-order valence-electron chi connectivity index (χ2n) is 5.38.